The number of carbonyl (C=O) groups excluding carboxylic acids is 3. The maximum atomic E-state index is 11.7. The highest BCUT2D eigenvalue weighted by atomic mass is 35.5. The van der Waals surface area contributed by atoms with Gasteiger partial charge in [-0.1, -0.05) is 29.3 Å². The van der Waals surface area contributed by atoms with E-state index >= 15 is 0 Å². The molecule has 2 heterocycles. The number of esters is 3. The standard InChI is InChI=1S/C19H20Cl2N4O7/c1-9(26)30-15-8-29-19(18(32-11(3)28)17(15)31-10(2)27)25-23-16(22-24-25)6-12-4-5-13(20)7-14(12)21/h4-5,7,15,17-19H,6,8H2,1-3H3. The number of hydrogen-bond acceptors (Lipinski definition) is 10. The van der Waals surface area contributed by atoms with Crippen molar-refractivity contribution in [1.82, 2.24) is 20.2 Å². The Morgan fingerprint density at radius 1 is 1.06 bits per heavy atom. The molecule has 0 N–H and O–H groups in total. The Labute approximate surface area is 192 Å². The largest absolute Gasteiger partial charge is 0.456 e. The van der Waals surface area contributed by atoms with Crippen LogP contribution in [0, 0.1) is 0 Å². The summed E-state index contributed by atoms with van der Waals surface area (Å²) >= 11 is 12.1. The van der Waals surface area contributed by atoms with E-state index in [0.29, 0.717) is 15.9 Å². The van der Waals surface area contributed by atoms with Crippen LogP contribution in [0.15, 0.2) is 18.2 Å². The predicted molar refractivity (Wildman–Crippen MR) is 109 cm³/mol. The van der Waals surface area contributed by atoms with Gasteiger partial charge in [0.05, 0.1) is 6.61 Å². The molecule has 4 unspecified atom stereocenters. The second-order valence-electron chi connectivity index (χ2n) is 6.96. The van der Waals surface area contributed by atoms with Crippen molar-refractivity contribution in [3.63, 3.8) is 0 Å². The van der Waals surface area contributed by atoms with E-state index in [1.54, 1.807) is 18.2 Å². The van der Waals surface area contributed by atoms with Gasteiger partial charge in [-0.25, -0.2) is 0 Å². The molecule has 0 saturated carbocycles. The molecule has 172 valence electrons. The molecule has 1 aliphatic heterocycles. The van der Waals surface area contributed by atoms with Crippen molar-refractivity contribution < 1.29 is 33.3 Å². The van der Waals surface area contributed by atoms with E-state index in [-0.39, 0.29) is 13.0 Å². The zero-order valence-corrected chi connectivity index (χ0v) is 18.9. The molecule has 0 aliphatic carbocycles. The van der Waals surface area contributed by atoms with Gasteiger partial charge in [-0.3, -0.25) is 14.4 Å². The maximum absolute atomic E-state index is 11.7. The van der Waals surface area contributed by atoms with Crippen LogP contribution in [0.5, 0.6) is 0 Å². The van der Waals surface area contributed by atoms with Gasteiger partial charge < -0.3 is 18.9 Å². The lowest BCUT2D eigenvalue weighted by atomic mass is 10.0. The topological polar surface area (TPSA) is 132 Å². The molecule has 11 nitrogen and oxygen atoms in total. The minimum Gasteiger partial charge on any atom is -0.456 e. The molecular weight excluding hydrogens is 467 g/mol. The van der Waals surface area contributed by atoms with Crippen LogP contribution in [0.2, 0.25) is 10.0 Å². The fourth-order valence-electron chi connectivity index (χ4n) is 3.19. The SMILES string of the molecule is CC(=O)OC1COC(n2nnc(Cc3ccc(Cl)cc3Cl)n2)C(OC(C)=O)C1OC(C)=O. The number of ether oxygens (including phenoxy) is 4. The third-order valence-electron chi connectivity index (χ3n) is 4.38. The molecule has 0 amide bonds. The molecule has 1 aromatic carbocycles. The van der Waals surface area contributed by atoms with Crippen LogP contribution in [0.3, 0.4) is 0 Å². The van der Waals surface area contributed by atoms with Crippen molar-refractivity contribution in [1.29, 1.82) is 0 Å². The van der Waals surface area contributed by atoms with E-state index in [2.05, 4.69) is 15.4 Å². The highest BCUT2D eigenvalue weighted by Gasteiger charge is 2.48. The molecule has 4 atom stereocenters. The van der Waals surface area contributed by atoms with E-state index < -0.39 is 42.4 Å². The number of hydrogen-bond donors (Lipinski definition) is 0. The predicted octanol–water partition coefficient (Wildman–Crippen LogP) is 1.89. The Morgan fingerprint density at radius 3 is 2.34 bits per heavy atom. The molecule has 0 spiro atoms. The summed E-state index contributed by atoms with van der Waals surface area (Å²) in [6.45, 7) is 3.41. The summed E-state index contributed by atoms with van der Waals surface area (Å²) in [6.07, 6.45) is -4.16. The molecule has 1 fully saturated rings. The fourth-order valence-corrected chi connectivity index (χ4v) is 3.67. The van der Waals surface area contributed by atoms with Crippen LogP contribution in [0.4, 0.5) is 0 Å². The summed E-state index contributed by atoms with van der Waals surface area (Å²) in [7, 11) is 0. The van der Waals surface area contributed by atoms with Crippen LogP contribution >= 0.6 is 23.2 Å². The minimum atomic E-state index is -1.20. The van der Waals surface area contributed by atoms with Crippen LogP contribution in [-0.4, -0.2) is 63.0 Å². The van der Waals surface area contributed by atoms with Gasteiger partial charge >= 0.3 is 17.9 Å². The first-order valence-corrected chi connectivity index (χ1v) is 10.2. The minimum absolute atomic E-state index is 0.153. The Balaban J connectivity index is 1.87. The highest BCUT2D eigenvalue weighted by molar-refractivity contribution is 6.35. The lowest BCUT2D eigenvalue weighted by molar-refractivity contribution is -0.243. The van der Waals surface area contributed by atoms with E-state index in [4.69, 9.17) is 42.1 Å². The second-order valence-corrected chi connectivity index (χ2v) is 7.80. The van der Waals surface area contributed by atoms with E-state index in [1.807, 2.05) is 0 Å². The smallest absolute Gasteiger partial charge is 0.303 e. The number of halogens is 2. The quantitative estimate of drug-likeness (QED) is 0.440. The highest BCUT2D eigenvalue weighted by Crippen LogP contribution is 2.30. The maximum Gasteiger partial charge on any atom is 0.303 e. The van der Waals surface area contributed by atoms with Crippen molar-refractivity contribution in [3.05, 3.63) is 39.6 Å². The number of rotatable bonds is 6. The summed E-state index contributed by atoms with van der Waals surface area (Å²) in [6, 6.07) is 5.03. The summed E-state index contributed by atoms with van der Waals surface area (Å²) < 4.78 is 21.6. The lowest BCUT2D eigenvalue weighted by Gasteiger charge is -2.39. The summed E-state index contributed by atoms with van der Waals surface area (Å²) in [5.41, 5.74) is 0.726. The number of carbonyl (C=O) groups is 3. The molecule has 1 saturated heterocycles. The van der Waals surface area contributed by atoms with Gasteiger partial charge in [-0.15, -0.1) is 15.0 Å². The fraction of sp³-hybridized carbons (Fsp3) is 0.474. The summed E-state index contributed by atoms with van der Waals surface area (Å²) in [5.74, 6) is -1.63. The van der Waals surface area contributed by atoms with Gasteiger partial charge in [0, 0.05) is 37.2 Å². The Kier molecular flexibility index (Phi) is 7.64. The van der Waals surface area contributed by atoms with Gasteiger partial charge in [0.1, 0.15) is 0 Å². The van der Waals surface area contributed by atoms with Gasteiger partial charge in [0.2, 0.25) is 6.23 Å². The van der Waals surface area contributed by atoms with E-state index in [9.17, 15) is 14.4 Å². The molecule has 2 aromatic rings. The van der Waals surface area contributed by atoms with Gasteiger partial charge in [-0.05, 0) is 22.9 Å². The van der Waals surface area contributed by atoms with Gasteiger partial charge in [-0.2, -0.15) is 0 Å². The average molecular weight is 487 g/mol. The zero-order valence-electron chi connectivity index (χ0n) is 17.4. The molecule has 1 aromatic heterocycles. The van der Waals surface area contributed by atoms with E-state index in [1.165, 1.54) is 20.8 Å². The Bertz CT molecular complexity index is 1020. The Morgan fingerprint density at radius 2 is 1.72 bits per heavy atom. The normalized spacial score (nSPS) is 22.8. The van der Waals surface area contributed by atoms with Gasteiger partial charge in [0.25, 0.3) is 0 Å². The number of aromatic nitrogens is 4. The average Bonchev–Trinajstić information content (AvgIpc) is 3.14. The second kappa shape index (κ2) is 10.2. The molecule has 32 heavy (non-hydrogen) atoms. The van der Waals surface area contributed by atoms with Crippen LogP contribution in [0.1, 0.15) is 38.4 Å². The van der Waals surface area contributed by atoms with Crippen molar-refractivity contribution in [3.8, 4) is 0 Å². The zero-order chi connectivity index (χ0) is 23.4. The molecule has 0 radical (unpaired) electrons. The van der Waals surface area contributed by atoms with Crippen molar-refractivity contribution in [2.75, 3.05) is 6.61 Å². The van der Waals surface area contributed by atoms with Crippen LogP contribution in [0.25, 0.3) is 0 Å². The third kappa shape index (κ3) is 5.93. The number of nitrogens with zero attached hydrogens (tertiary/aromatic N) is 4. The molecule has 0 bridgehead atoms. The number of tetrazole rings is 1. The molecule has 1 aliphatic rings. The van der Waals surface area contributed by atoms with E-state index in [0.717, 1.165) is 10.4 Å². The molecule has 13 heteroatoms. The first-order chi connectivity index (χ1) is 15.1. The molecule has 3 rings (SSSR count). The first-order valence-electron chi connectivity index (χ1n) is 9.49. The summed E-state index contributed by atoms with van der Waals surface area (Å²) in [4.78, 5) is 36.0. The lowest BCUT2D eigenvalue weighted by Crippen LogP contribution is -2.55. The van der Waals surface area contributed by atoms with Crippen LogP contribution in [-0.2, 0) is 39.8 Å². The first kappa shape index (κ1) is 23.9. The van der Waals surface area contributed by atoms with Crippen molar-refractivity contribution >= 4 is 41.1 Å². The van der Waals surface area contributed by atoms with Crippen molar-refractivity contribution in [2.45, 2.75) is 51.7 Å². The van der Waals surface area contributed by atoms with Crippen molar-refractivity contribution in [2.24, 2.45) is 0 Å². The van der Waals surface area contributed by atoms with Crippen LogP contribution < -0.4 is 0 Å². The van der Waals surface area contributed by atoms with Gasteiger partial charge in [0.15, 0.2) is 24.1 Å². The molecular formula is C19H20Cl2N4O7. The third-order valence-corrected chi connectivity index (χ3v) is 4.97. The summed E-state index contributed by atoms with van der Waals surface area (Å²) in [5, 5.41) is 13.2. The monoisotopic (exact) mass is 486 g/mol. The number of benzene rings is 1. The Hall–Kier alpha value is -2.76.